The van der Waals surface area contributed by atoms with Crippen LogP contribution in [-0.2, 0) is 19.8 Å². The van der Waals surface area contributed by atoms with Crippen molar-refractivity contribution in [2.24, 2.45) is 0 Å². The molecule has 0 bridgehead atoms. The summed E-state index contributed by atoms with van der Waals surface area (Å²) in [6, 6.07) is 30.5. The lowest BCUT2D eigenvalue weighted by atomic mass is 10.0. The first-order valence-electron chi connectivity index (χ1n) is 12.4. The highest BCUT2D eigenvalue weighted by molar-refractivity contribution is 5.98. The maximum absolute atomic E-state index is 13.7. The van der Waals surface area contributed by atoms with Crippen LogP contribution in [0.15, 0.2) is 104 Å². The molecule has 0 aliphatic carbocycles. The van der Waals surface area contributed by atoms with Gasteiger partial charge in [0, 0.05) is 30.8 Å². The van der Waals surface area contributed by atoms with Crippen LogP contribution >= 0.6 is 0 Å². The van der Waals surface area contributed by atoms with E-state index in [0.717, 1.165) is 34.1 Å². The number of aldehydes is 1. The van der Waals surface area contributed by atoms with E-state index >= 15 is 0 Å². The summed E-state index contributed by atoms with van der Waals surface area (Å²) in [5, 5.41) is 0. The van der Waals surface area contributed by atoms with Gasteiger partial charge in [-0.25, -0.2) is 0 Å². The van der Waals surface area contributed by atoms with E-state index in [2.05, 4.69) is 6.58 Å². The number of carbonyl (C=O) groups is 2. The van der Waals surface area contributed by atoms with Crippen molar-refractivity contribution < 1.29 is 19.1 Å². The first-order valence-corrected chi connectivity index (χ1v) is 12.4. The first kappa shape index (κ1) is 26.4. The Morgan fingerprint density at radius 2 is 1.32 bits per heavy atom. The number of hydrogen-bond donors (Lipinski definition) is 0. The molecule has 0 spiro atoms. The zero-order valence-corrected chi connectivity index (χ0v) is 21.7. The summed E-state index contributed by atoms with van der Waals surface area (Å²) in [5.74, 6) is 0.824. The number of carbonyl (C=O) groups excluding carboxylic acids is 2. The van der Waals surface area contributed by atoms with E-state index in [9.17, 15) is 9.59 Å². The number of amides is 1. The van der Waals surface area contributed by atoms with Crippen molar-refractivity contribution in [3.8, 4) is 11.5 Å². The highest BCUT2D eigenvalue weighted by Crippen LogP contribution is 2.35. The molecule has 0 atom stereocenters. The van der Waals surface area contributed by atoms with E-state index in [-0.39, 0.29) is 5.91 Å². The van der Waals surface area contributed by atoms with E-state index < -0.39 is 0 Å². The molecule has 0 saturated carbocycles. The Labute approximate surface area is 224 Å². The molecule has 192 valence electrons. The molecule has 0 aromatic heterocycles. The van der Waals surface area contributed by atoms with Crippen LogP contribution in [0.4, 0.5) is 0 Å². The molecule has 0 fully saturated rings. The summed E-state index contributed by atoms with van der Waals surface area (Å²) in [5.41, 5.74) is 5.38. The SMILES string of the molecule is C=C(C)c1cc(C(=O)N(C)Cc2cccc(C=O)c2)c(OCc2ccccc2)cc1OCc1ccccc1. The molecule has 4 aromatic carbocycles. The minimum atomic E-state index is -0.207. The van der Waals surface area contributed by atoms with Crippen molar-refractivity contribution in [3.63, 3.8) is 0 Å². The molecule has 1 amide bonds. The third kappa shape index (κ3) is 6.77. The molecule has 38 heavy (non-hydrogen) atoms. The molecule has 5 heteroatoms. The Kier molecular flexibility index (Phi) is 8.73. The van der Waals surface area contributed by atoms with Crippen molar-refractivity contribution in [2.45, 2.75) is 26.7 Å². The fraction of sp³-hybridized carbons (Fsp3) is 0.152. The Morgan fingerprint density at radius 1 is 0.763 bits per heavy atom. The zero-order chi connectivity index (χ0) is 26.9. The topological polar surface area (TPSA) is 55.8 Å². The van der Waals surface area contributed by atoms with Crippen LogP contribution < -0.4 is 9.47 Å². The molecule has 5 nitrogen and oxygen atoms in total. The van der Waals surface area contributed by atoms with Crippen LogP contribution in [0, 0.1) is 0 Å². The molecule has 0 N–H and O–H groups in total. The quantitative estimate of drug-likeness (QED) is 0.207. The zero-order valence-electron chi connectivity index (χ0n) is 21.7. The largest absolute Gasteiger partial charge is 0.488 e. The third-order valence-electron chi connectivity index (χ3n) is 6.10. The number of benzene rings is 4. The van der Waals surface area contributed by atoms with E-state index in [4.69, 9.17) is 9.47 Å². The van der Waals surface area contributed by atoms with Crippen LogP contribution in [0.1, 0.15) is 49.9 Å². The normalized spacial score (nSPS) is 10.5. The molecular formula is C33H31NO4. The Bertz CT molecular complexity index is 1410. The summed E-state index contributed by atoms with van der Waals surface area (Å²) in [6.07, 6.45) is 0.800. The molecular weight excluding hydrogens is 474 g/mol. The van der Waals surface area contributed by atoms with Crippen molar-refractivity contribution >= 4 is 17.8 Å². The van der Waals surface area contributed by atoms with Crippen molar-refractivity contribution in [3.05, 3.63) is 137 Å². The maximum atomic E-state index is 13.7. The summed E-state index contributed by atoms with van der Waals surface area (Å²) in [4.78, 5) is 26.5. The summed E-state index contributed by atoms with van der Waals surface area (Å²) < 4.78 is 12.4. The van der Waals surface area contributed by atoms with Crippen LogP contribution in [0.5, 0.6) is 11.5 Å². The van der Waals surface area contributed by atoms with Gasteiger partial charge in [0.15, 0.2) is 0 Å². The molecule has 4 aromatic rings. The van der Waals surface area contributed by atoms with Crippen molar-refractivity contribution in [1.82, 2.24) is 4.90 Å². The minimum absolute atomic E-state index is 0.207. The molecule has 0 heterocycles. The second-order valence-corrected chi connectivity index (χ2v) is 9.20. The predicted molar refractivity (Wildman–Crippen MR) is 150 cm³/mol. The summed E-state index contributed by atoms with van der Waals surface area (Å²) in [7, 11) is 1.73. The molecule has 0 unspecified atom stereocenters. The van der Waals surface area contributed by atoms with Crippen molar-refractivity contribution in [1.29, 1.82) is 0 Å². The minimum Gasteiger partial charge on any atom is -0.488 e. The lowest BCUT2D eigenvalue weighted by Crippen LogP contribution is -2.27. The van der Waals surface area contributed by atoms with Gasteiger partial charge in [0.25, 0.3) is 5.91 Å². The monoisotopic (exact) mass is 505 g/mol. The smallest absolute Gasteiger partial charge is 0.257 e. The van der Waals surface area contributed by atoms with E-state index in [1.54, 1.807) is 36.2 Å². The first-order chi connectivity index (χ1) is 18.4. The molecule has 0 aliphatic heterocycles. The van der Waals surface area contributed by atoms with Crippen molar-refractivity contribution in [2.75, 3.05) is 7.05 Å². The van der Waals surface area contributed by atoms with E-state index in [1.807, 2.05) is 79.7 Å². The fourth-order valence-corrected chi connectivity index (χ4v) is 4.09. The standard InChI is InChI=1S/C33H31NO4/c1-24(2)29-18-30(33(36)34(3)20-27-15-10-16-28(17-27)21-35)32(38-23-26-13-8-5-9-14-26)19-31(29)37-22-25-11-6-4-7-12-25/h4-19,21H,1,20,22-23H2,2-3H3. The van der Waals surface area contributed by atoms with Gasteiger partial charge in [-0.05, 0) is 41.3 Å². The Morgan fingerprint density at radius 3 is 1.87 bits per heavy atom. The number of rotatable bonds is 11. The predicted octanol–water partition coefficient (Wildman–Crippen LogP) is 6.96. The van der Waals surface area contributed by atoms with Crippen LogP contribution in [0.25, 0.3) is 5.57 Å². The second kappa shape index (κ2) is 12.5. The number of hydrogen-bond acceptors (Lipinski definition) is 4. The number of ether oxygens (including phenoxy) is 2. The number of allylic oxidation sites excluding steroid dienone is 1. The fourth-order valence-electron chi connectivity index (χ4n) is 4.09. The van der Waals surface area contributed by atoms with Gasteiger partial charge in [-0.3, -0.25) is 9.59 Å². The van der Waals surface area contributed by atoms with Crippen LogP contribution in [0.3, 0.4) is 0 Å². The summed E-state index contributed by atoms with van der Waals surface area (Å²) >= 11 is 0. The average Bonchev–Trinajstić information content (AvgIpc) is 2.95. The van der Waals surface area contributed by atoms with Gasteiger partial charge in [-0.1, -0.05) is 85.4 Å². The molecule has 0 aliphatic rings. The number of nitrogens with zero attached hydrogens (tertiary/aromatic N) is 1. The molecule has 0 radical (unpaired) electrons. The Balaban J connectivity index is 1.66. The van der Waals surface area contributed by atoms with Gasteiger partial charge >= 0.3 is 0 Å². The third-order valence-corrected chi connectivity index (χ3v) is 6.10. The van der Waals surface area contributed by atoms with Gasteiger partial charge in [0.05, 0.1) is 5.56 Å². The van der Waals surface area contributed by atoms with E-state index in [0.29, 0.717) is 42.4 Å². The van der Waals surface area contributed by atoms with E-state index in [1.165, 1.54) is 0 Å². The highest BCUT2D eigenvalue weighted by atomic mass is 16.5. The van der Waals surface area contributed by atoms with Gasteiger partial charge in [-0.2, -0.15) is 0 Å². The van der Waals surface area contributed by atoms with Crippen LogP contribution in [0.2, 0.25) is 0 Å². The summed E-state index contributed by atoms with van der Waals surface area (Å²) in [6.45, 7) is 7.02. The van der Waals surface area contributed by atoms with Gasteiger partial charge in [-0.15, -0.1) is 0 Å². The van der Waals surface area contributed by atoms with Gasteiger partial charge in [0.2, 0.25) is 0 Å². The van der Waals surface area contributed by atoms with Gasteiger partial charge in [0.1, 0.15) is 31.0 Å². The Hall–Kier alpha value is -4.64. The van der Waals surface area contributed by atoms with Crippen LogP contribution in [-0.4, -0.2) is 24.1 Å². The average molecular weight is 506 g/mol. The molecule has 0 saturated heterocycles. The highest BCUT2D eigenvalue weighted by Gasteiger charge is 2.22. The maximum Gasteiger partial charge on any atom is 0.257 e. The van der Waals surface area contributed by atoms with Gasteiger partial charge < -0.3 is 14.4 Å². The second-order valence-electron chi connectivity index (χ2n) is 9.20. The molecule has 4 rings (SSSR count). The lowest BCUT2D eigenvalue weighted by Gasteiger charge is -2.22. The lowest BCUT2D eigenvalue weighted by molar-refractivity contribution is 0.0780.